The molecule has 1 aliphatic rings. The first kappa shape index (κ1) is 22.7. The third-order valence-corrected chi connectivity index (χ3v) is 7.18. The fraction of sp³-hybridized carbons (Fsp3) is 0.524. The van der Waals surface area contributed by atoms with Gasteiger partial charge in [-0.3, -0.25) is 9.59 Å². The Balaban J connectivity index is 1.34. The molecule has 0 radical (unpaired) electrons. The standard InChI is InChI=1S/C21H29N5O2S2/c1-15-7-9-17(10-8-15)23-19(28)20-24-25-21(30-20)29-14-18(27)22-11-5-13-26-12-4-3-6-16(26)2/h7-10,16H,3-6,11-14H2,1-2H3,(H,22,27)(H,23,28). The van der Waals surface area contributed by atoms with Gasteiger partial charge in [0.1, 0.15) is 0 Å². The van der Waals surface area contributed by atoms with Crippen LogP contribution in [0.2, 0.25) is 0 Å². The van der Waals surface area contributed by atoms with Crippen LogP contribution >= 0.6 is 23.1 Å². The summed E-state index contributed by atoms with van der Waals surface area (Å²) in [5, 5.41) is 14.0. The number of aryl methyl sites for hydroxylation is 1. The van der Waals surface area contributed by atoms with Crippen molar-refractivity contribution < 1.29 is 9.59 Å². The number of hydrogen-bond acceptors (Lipinski definition) is 7. The summed E-state index contributed by atoms with van der Waals surface area (Å²) in [4.78, 5) is 26.9. The van der Waals surface area contributed by atoms with Gasteiger partial charge in [0.05, 0.1) is 5.75 Å². The van der Waals surface area contributed by atoms with Crippen LogP contribution in [-0.4, -0.2) is 58.3 Å². The van der Waals surface area contributed by atoms with Crippen molar-refractivity contribution in [1.82, 2.24) is 20.4 Å². The van der Waals surface area contributed by atoms with Crippen molar-refractivity contribution in [2.75, 3.05) is 30.7 Å². The van der Waals surface area contributed by atoms with Crippen LogP contribution in [0, 0.1) is 6.92 Å². The van der Waals surface area contributed by atoms with E-state index in [1.807, 2.05) is 31.2 Å². The first-order chi connectivity index (χ1) is 14.5. The second kappa shape index (κ2) is 11.4. The van der Waals surface area contributed by atoms with E-state index in [9.17, 15) is 9.59 Å². The molecular formula is C21H29N5O2S2. The normalized spacial score (nSPS) is 16.9. The predicted molar refractivity (Wildman–Crippen MR) is 122 cm³/mol. The summed E-state index contributed by atoms with van der Waals surface area (Å²) >= 11 is 2.50. The third-order valence-electron chi connectivity index (χ3n) is 5.12. The maximum Gasteiger partial charge on any atom is 0.286 e. The third kappa shape index (κ3) is 7.07. The number of nitrogens with one attached hydrogen (secondary N) is 2. The Kier molecular flexibility index (Phi) is 8.65. The average molecular weight is 448 g/mol. The lowest BCUT2D eigenvalue weighted by atomic mass is 10.0. The molecule has 1 aromatic carbocycles. The van der Waals surface area contributed by atoms with Crippen LogP contribution in [0.4, 0.5) is 5.69 Å². The lowest BCUT2D eigenvalue weighted by Crippen LogP contribution is -2.39. The number of carbonyl (C=O) groups is 2. The molecule has 1 atom stereocenters. The van der Waals surface area contributed by atoms with Gasteiger partial charge in [-0.2, -0.15) is 0 Å². The number of anilines is 1. The first-order valence-corrected chi connectivity index (χ1v) is 12.2. The minimum absolute atomic E-state index is 0.0208. The number of nitrogens with zero attached hydrogens (tertiary/aromatic N) is 3. The van der Waals surface area contributed by atoms with Gasteiger partial charge in [0.2, 0.25) is 10.9 Å². The number of hydrogen-bond donors (Lipinski definition) is 2. The monoisotopic (exact) mass is 447 g/mol. The van der Waals surface area contributed by atoms with Crippen molar-refractivity contribution >= 4 is 40.6 Å². The van der Waals surface area contributed by atoms with Gasteiger partial charge >= 0.3 is 0 Å². The highest BCUT2D eigenvalue weighted by molar-refractivity contribution is 8.01. The summed E-state index contributed by atoms with van der Waals surface area (Å²) < 4.78 is 0.612. The van der Waals surface area contributed by atoms with Gasteiger partial charge in [0.25, 0.3) is 5.91 Å². The van der Waals surface area contributed by atoms with E-state index < -0.39 is 0 Å². The summed E-state index contributed by atoms with van der Waals surface area (Å²) in [6.07, 6.45) is 4.84. The predicted octanol–water partition coefficient (Wildman–Crippen LogP) is 3.57. The van der Waals surface area contributed by atoms with Crippen molar-refractivity contribution in [1.29, 1.82) is 0 Å². The van der Waals surface area contributed by atoms with Crippen LogP contribution in [-0.2, 0) is 4.79 Å². The molecule has 2 N–H and O–H groups in total. The Morgan fingerprint density at radius 1 is 1.23 bits per heavy atom. The molecule has 30 heavy (non-hydrogen) atoms. The molecule has 0 aliphatic carbocycles. The number of carbonyl (C=O) groups excluding carboxylic acids is 2. The first-order valence-electron chi connectivity index (χ1n) is 10.4. The van der Waals surface area contributed by atoms with E-state index in [4.69, 9.17) is 0 Å². The molecule has 2 amide bonds. The smallest absolute Gasteiger partial charge is 0.286 e. The van der Waals surface area contributed by atoms with E-state index in [1.165, 1.54) is 48.9 Å². The van der Waals surface area contributed by atoms with E-state index in [0.717, 1.165) is 18.5 Å². The van der Waals surface area contributed by atoms with Crippen LogP contribution < -0.4 is 10.6 Å². The number of amides is 2. The minimum atomic E-state index is -0.292. The highest BCUT2D eigenvalue weighted by Crippen LogP contribution is 2.23. The van der Waals surface area contributed by atoms with Gasteiger partial charge in [-0.25, -0.2) is 0 Å². The number of rotatable bonds is 9. The van der Waals surface area contributed by atoms with Crippen molar-refractivity contribution in [2.45, 2.75) is 49.9 Å². The molecule has 2 aromatic rings. The molecule has 1 unspecified atom stereocenters. The molecule has 3 rings (SSSR count). The maximum atomic E-state index is 12.3. The van der Waals surface area contributed by atoms with Gasteiger partial charge in [0, 0.05) is 24.8 Å². The van der Waals surface area contributed by atoms with E-state index in [1.54, 1.807) is 0 Å². The Labute approximate surface area is 186 Å². The van der Waals surface area contributed by atoms with Crippen molar-refractivity contribution in [3.63, 3.8) is 0 Å². The topological polar surface area (TPSA) is 87.2 Å². The van der Waals surface area contributed by atoms with E-state index in [0.29, 0.717) is 22.6 Å². The molecule has 0 saturated carbocycles. The molecule has 0 spiro atoms. The molecule has 2 heterocycles. The van der Waals surface area contributed by atoms with Gasteiger partial charge in [-0.1, -0.05) is 47.2 Å². The Bertz CT molecular complexity index is 840. The highest BCUT2D eigenvalue weighted by Gasteiger charge is 2.17. The fourth-order valence-electron chi connectivity index (χ4n) is 3.36. The lowest BCUT2D eigenvalue weighted by molar-refractivity contribution is -0.118. The molecule has 1 aromatic heterocycles. The summed E-state index contributed by atoms with van der Waals surface area (Å²) in [5.74, 6) is -0.0407. The average Bonchev–Trinajstić information content (AvgIpc) is 3.22. The second-order valence-electron chi connectivity index (χ2n) is 7.57. The zero-order valence-corrected chi connectivity index (χ0v) is 19.2. The van der Waals surface area contributed by atoms with Crippen LogP contribution in [0.3, 0.4) is 0 Å². The SMILES string of the molecule is Cc1ccc(NC(=O)c2nnc(SCC(=O)NCCCN3CCCCC3C)s2)cc1. The Morgan fingerprint density at radius 2 is 2.03 bits per heavy atom. The number of thioether (sulfide) groups is 1. The van der Waals surface area contributed by atoms with E-state index in [2.05, 4.69) is 32.7 Å². The molecular weight excluding hydrogens is 418 g/mol. The largest absolute Gasteiger partial charge is 0.355 e. The summed E-state index contributed by atoms with van der Waals surface area (Å²) in [6, 6.07) is 8.21. The van der Waals surface area contributed by atoms with Gasteiger partial charge in [-0.05, 0) is 51.8 Å². The lowest BCUT2D eigenvalue weighted by Gasteiger charge is -2.33. The van der Waals surface area contributed by atoms with Gasteiger partial charge in [-0.15, -0.1) is 10.2 Å². The van der Waals surface area contributed by atoms with Crippen LogP contribution in [0.25, 0.3) is 0 Å². The highest BCUT2D eigenvalue weighted by atomic mass is 32.2. The summed E-state index contributed by atoms with van der Waals surface area (Å²) in [7, 11) is 0. The van der Waals surface area contributed by atoms with Gasteiger partial charge in [0.15, 0.2) is 4.34 Å². The number of benzene rings is 1. The maximum absolute atomic E-state index is 12.3. The summed E-state index contributed by atoms with van der Waals surface area (Å²) in [6.45, 7) is 7.16. The molecule has 0 bridgehead atoms. The fourth-order valence-corrected chi connectivity index (χ4v) is 4.94. The molecule has 9 heteroatoms. The van der Waals surface area contributed by atoms with E-state index >= 15 is 0 Å². The van der Waals surface area contributed by atoms with Crippen molar-refractivity contribution in [3.05, 3.63) is 34.8 Å². The molecule has 7 nitrogen and oxygen atoms in total. The number of likely N-dealkylation sites (tertiary alicyclic amines) is 1. The van der Waals surface area contributed by atoms with Crippen LogP contribution in [0.15, 0.2) is 28.6 Å². The zero-order chi connectivity index (χ0) is 21.3. The molecule has 1 saturated heterocycles. The van der Waals surface area contributed by atoms with E-state index in [-0.39, 0.29) is 22.6 Å². The summed E-state index contributed by atoms with van der Waals surface area (Å²) in [5.41, 5.74) is 1.84. The minimum Gasteiger partial charge on any atom is -0.355 e. The van der Waals surface area contributed by atoms with Gasteiger partial charge < -0.3 is 15.5 Å². The van der Waals surface area contributed by atoms with Crippen LogP contribution in [0.5, 0.6) is 0 Å². The number of piperidine rings is 1. The second-order valence-corrected chi connectivity index (χ2v) is 9.77. The Hall–Kier alpha value is -1.97. The molecule has 1 aliphatic heterocycles. The molecule has 162 valence electrons. The molecule has 1 fully saturated rings. The van der Waals surface area contributed by atoms with Crippen molar-refractivity contribution in [2.24, 2.45) is 0 Å². The quantitative estimate of drug-likeness (QED) is 0.451. The number of aromatic nitrogens is 2. The van der Waals surface area contributed by atoms with Crippen molar-refractivity contribution in [3.8, 4) is 0 Å². The van der Waals surface area contributed by atoms with Crippen LogP contribution in [0.1, 0.15) is 48.0 Å². The Morgan fingerprint density at radius 3 is 2.80 bits per heavy atom. The zero-order valence-electron chi connectivity index (χ0n) is 17.5.